The molecule has 0 aromatic heterocycles. The van der Waals surface area contributed by atoms with Gasteiger partial charge in [0, 0.05) is 30.8 Å². The van der Waals surface area contributed by atoms with Gasteiger partial charge in [-0.3, -0.25) is 9.59 Å². The van der Waals surface area contributed by atoms with Gasteiger partial charge in [-0.25, -0.2) is 0 Å². The quantitative estimate of drug-likeness (QED) is 0.384. The summed E-state index contributed by atoms with van der Waals surface area (Å²) in [5.74, 6) is -0.233. The normalized spacial score (nSPS) is 18.8. The summed E-state index contributed by atoms with van der Waals surface area (Å²) in [6.45, 7) is 1.43. The van der Waals surface area contributed by atoms with Crippen LogP contribution in [0.2, 0.25) is 0 Å². The van der Waals surface area contributed by atoms with Crippen LogP contribution in [0.25, 0.3) is 11.1 Å². The molecule has 1 fully saturated rings. The van der Waals surface area contributed by atoms with Crippen molar-refractivity contribution in [1.82, 2.24) is 10.6 Å². The summed E-state index contributed by atoms with van der Waals surface area (Å²) in [4.78, 5) is 24.5. The molecule has 2 aromatic rings. The Kier molecular flexibility index (Phi) is 7.84. The van der Waals surface area contributed by atoms with E-state index < -0.39 is 0 Å². The van der Waals surface area contributed by atoms with E-state index >= 15 is 0 Å². The molecule has 162 valence electrons. The SMILES string of the molecule is N/C=C\C(=C/N)C(=O)NCC1COC(CNC(=O)c2ccc(-c3ccccc3)cc2)C1. The van der Waals surface area contributed by atoms with Crippen molar-refractivity contribution in [1.29, 1.82) is 0 Å². The molecular formula is C24H28N4O3. The number of nitrogens with one attached hydrogen (secondary N) is 2. The third-order valence-electron chi connectivity index (χ3n) is 5.18. The molecule has 7 nitrogen and oxygen atoms in total. The van der Waals surface area contributed by atoms with Crippen LogP contribution < -0.4 is 22.1 Å². The average molecular weight is 421 g/mol. The number of carbonyl (C=O) groups excluding carboxylic acids is 2. The van der Waals surface area contributed by atoms with Crippen LogP contribution >= 0.6 is 0 Å². The fourth-order valence-corrected chi connectivity index (χ4v) is 3.47. The summed E-state index contributed by atoms with van der Waals surface area (Å²) in [5.41, 5.74) is 13.8. The number of hydrogen-bond acceptors (Lipinski definition) is 5. The molecular weight excluding hydrogens is 392 g/mol. The summed E-state index contributed by atoms with van der Waals surface area (Å²) in [6, 6.07) is 17.6. The predicted octanol–water partition coefficient (Wildman–Crippen LogP) is 1.92. The van der Waals surface area contributed by atoms with Crippen LogP contribution in [0.15, 0.2) is 78.6 Å². The molecule has 0 spiro atoms. The first-order valence-corrected chi connectivity index (χ1v) is 10.2. The molecule has 6 N–H and O–H groups in total. The molecule has 2 aromatic carbocycles. The minimum absolute atomic E-state index is 0.0806. The van der Waals surface area contributed by atoms with Gasteiger partial charge in [-0.1, -0.05) is 42.5 Å². The lowest BCUT2D eigenvalue weighted by Crippen LogP contribution is -2.33. The lowest BCUT2D eigenvalue weighted by molar-refractivity contribution is -0.117. The molecule has 0 aliphatic carbocycles. The molecule has 0 saturated carbocycles. The van der Waals surface area contributed by atoms with Crippen LogP contribution in [-0.4, -0.2) is 37.6 Å². The summed E-state index contributed by atoms with van der Waals surface area (Å²) < 4.78 is 5.76. The van der Waals surface area contributed by atoms with Crippen molar-refractivity contribution in [3.8, 4) is 11.1 Å². The van der Waals surface area contributed by atoms with Crippen molar-refractivity contribution in [3.05, 3.63) is 84.2 Å². The van der Waals surface area contributed by atoms with E-state index in [1.165, 1.54) is 18.5 Å². The Morgan fingerprint density at radius 3 is 2.35 bits per heavy atom. The van der Waals surface area contributed by atoms with Gasteiger partial charge in [0.2, 0.25) is 0 Å². The van der Waals surface area contributed by atoms with E-state index in [-0.39, 0.29) is 23.8 Å². The largest absolute Gasteiger partial charge is 0.405 e. The number of amides is 2. The van der Waals surface area contributed by atoms with Crippen molar-refractivity contribution in [2.75, 3.05) is 19.7 Å². The van der Waals surface area contributed by atoms with Gasteiger partial charge in [0.1, 0.15) is 0 Å². The molecule has 3 rings (SSSR count). The first kappa shape index (κ1) is 22.1. The molecule has 2 amide bonds. The zero-order valence-corrected chi connectivity index (χ0v) is 17.3. The zero-order valence-electron chi connectivity index (χ0n) is 17.3. The highest BCUT2D eigenvalue weighted by Crippen LogP contribution is 2.20. The highest BCUT2D eigenvalue weighted by atomic mass is 16.5. The van der Waals surface area contributed by atoms with Crippen LogP contribution in [0.4, 0.5) is 0 Å². The molecule has 1 heterocycles. The number of rotatable bonds is 8. The standard InChI is InChI=1S/C24H28N4O3/c25-11-10-21(13-26)24(30)27-14-17-12-22(31-16-17)15-28-23(29)20-8-6-19(7-9-20)18-4-2-1-3-5-18/h1-11,13,17,22H,12,14-16,25-26H2,(H,27,30)(H,28,29)/b11-10-,21-13+. The molecule has 0 bridgehead atoms. The summed E-state index contributed by atoms with van der Waals surface area (Å²) >= 11 is 0. The van der Waals surface area contributed by atoms with Gasteiger partial charge in [0.15, 0.2) is 0 Å². The third kappa shape index (κ3) is 6.20. The van der Waals surface area contributed by atoms with Gasteiger partial charge in [-0.15, -0.1) is 0 Å². The van der Waals surface area contributed by atoms with E-state index in [1.54, 1.807) is 0 Å². The van der Waals surface area contributed by atoms with Gasteiger partial charge in [0.25, 0.3) is 11.8 Å². The van der Waals surface area contributed by atoms with Crippen molar-refractivity contribution >= 4 is 11.8 Å². The monoisotopic (exact) mass is 420 g/mol. The third-order valence-corrected chi connectivity index (χ3v) is 5.18. The maximum absolute atomic E-state index is 12.5. The maximum Gasteiger partial charge on any atom is 0.252 e. The maximum atomic E-state index is 12.5. The number of carbonyl (C=O) groups is 2. The molecule has 1 aliphatic heterocycles. The first-order chi connectivity index (χ1) is 15.1. The van der Waals surface area contributed by atoms with E-state index in [4.69, 9.17) is 16.2 Å². The second-order valence-electron chi connectivity index (χ2n) is 7.40. The van der Waals surface area contributed by atoms with Gasteiger partial charge in [0.05, 0.1) is 18.3 Å². The van der Waals surface area contributed by atoms with E-state index in [1.807, 2.05) is 54.6 Å². The fraction of sp³-hybridized carbons (Fsp3) is 0.250. The number of benzene rings is 2. The Balaban J connectivity index is 1.42. The summed E-state index contributed by atoms with van der Waals surface area (Å²) in [7, 11) is 0. The van der Waals surface area contributed by atoms with Crippen molar-refractivity contribution in [2.24, 2.45) is 17.4 Å². The van der Waals surface area contributed by atoms with E-state index in [2.05, 4.69) is 10.6 Å². The van der Waals surface area contributed by atoms with Crippen molar-refractivity contribution < 1.29 is 14.3 Å². The van der Waals surface area contributed by atoms with Gasteiger partial charge in [-0.05, 0) is 42.0 Å². The van der Waals surface area contributed by atoms with Gasteiger partial charge in [-0.2, -0.15) is 0 Å². The fourth-order valence-electron chi connectivity index (χ4n) is 3.47. The highest BCUT2D eigenvalue weighted by molar-refractivity contribution is 5.96. The topological polar surface area (TPSA) is 119 Å². The lowest BCUT2D eigenvalue weighted by atomic mass is 10.0. The Morgan fingerprint density at radius 1 is 0.968 bits per heavy atom. The minimum atomic E-state index is -0.278. The van der Waals surface area contributed by atoms with E-state index in [0.717, 1.165) is 17.5 Å². The molecule has 7 heteroatoms. The summed E-state index contributed by atoms with van der Waals surface area (Å²) in [6.07, 6.45) is 4.61. The number of hydrogen-bond donors (Lipinski definition) is 4. The Hall–Kier alpha value is -3.58. The second-order valence-corrected chi connectivity index (χ2v) is 7.40. The molecule has 1 aliphatic rings. The van der Waals surface area contributed by atoms with Gasteiger partial charge >= 0.3 is 0 Å². The van der Waals surface area contributed by atoms with Crippen molar-refractivity contribution in [3.63, 3.8) is 0 Å². The molecule has 31 heavy (non-hydrogen) atoms. The van der Waals surface area contributed by atoms with Crippen LogP contribution in [-0.2, 0) is 9.53 Å². The summed E-state index contributed by atoms with van der Waals surface area (Å²) in [5, 5.41) is 5.76. The molecule has 2 unspecified atom stereocenters. The highest BCUT2D eigenvalue weighted by Gasteiger charge is 2.26. The second kappa shape index (κ2) is 11.0. The van der Waals surface area contributed by atoms with Crippen molar-refractivity contribution in [2.45, 2.75) is 12.5 Å². The number of nitrogens with two attached hydrogens (primary N) is 2. The van der Waals surface area contributed by atoms with Crippen LogP contribution in [0.1, 0.15) is 16.8 Å². The Bertz CT molecular complexity index is 939. The molecule has 1 saturated heterocycles. The van der Waals surface area contributed by atoms with Crippen LogP contribution in [0.3, 0.4) is 0 Å². The van der Waals surface area contributed by atoms with Crippen LogP contribution in [0, 0.1) is 5.92 Å². The van der Waals surface area contributed by atoms with Crippen LogP contribution in [0.5, 0.6) is 0 Å². The Labute approximate surface area is 182 Å². The van der Waals surface area contributed by atoms with E-state index in [9.17, 15) is 9.59 Å². The molecule has 2 atom stereocenters. The van der Waals surface area contributed by atoms with E-state index in [0.29, 0.717) is 30.8 Å². The Morgan fingerprint density at radius 2 is 1.68 bits per heavy atom. The first-order valence-electron chi connectivity index (χ1n) is 10.2. The lowest BCUT2D eigenvalue weighted by Gasteiger charge is -2.12. The minimum Gasteiger partial charge on any atom is -0.405 e. The number of ether oxygens (including phenoxy) is 1. The zero-order chi connectivity index (χ0) is 22.1. The average Bonchev–Trinajstić information content (AvgIpc) is 3.28. The molecule has 0 radical (unpaired) electrons. The van der Waals surface area contributed by atoms with Gasteiger partial charge < -0.3 is 26.8 Å². The smallest absolute Gasteiger partial charge is 0.252 e. The predicted molar refractivity (Wildman–Crippen MR) is 121 cm³/mol.